The van der Waals surface area contributed by atoms with Crippen LogP contribution < -0.4 is 9.47 Å². The minimum Gasteiger partial charge on any atom is -0.474 e. The number of rotatable bonds is 6. The number of piperidine rings is 1. The molecule has 3 rings (SSSR count). The van der Waals surface area contributed by atoms with Crippen LogP contribution in [0.2, 0.25) is 0 Å². The molecular formula is C22H31N3O4. The van der Waals surface area contributed by atoms with Gasteiger partial charge in [-0.1, -0.05) is 12.1 Å². The fourth-order valence-electron chi connectivity index (χ4n) is 3.41. The van der Waals surface area contributed by atoms with Crippen molar-refractivity contribution in [2.24, 2.45) is 5.92 Å². The molecular weight excluding hydrogens is 370 g/mol. The Morgan fingerprint density at radius 2 is 1.79 bits per heavy atom. The van der Waals surface area contributed by atoms with Gasteiger partial charge in [-0.25, -0.2) is 14.8 Å². The Morgan fingerprint density at radius 3 is 2.41 bits per heavy atom. The third kappa shape index (κ3) is 5.95. The molecule has 0 bridgehead atoms. The fourth-order valence-corrected chi connectivity index (χ4v) is 3.41. The van der Waals surface area contributed by atoms with E-state index in [0.717, 1.165) is 36.8 Å². The molecule has 1 aliphatic heterocycles. The molecule has 29 heavy (non-hydrogen) atoms. The summed E-state index contributed by atoms with van der Waals surface area (Å²) in [5, 5.41) is 0. The minimum atomic E-state index is -0.475. The predicted molar refractivity (Wildman–Crippen MR) is 111 cm³/mol. The van der Waals surface area contributed by atoms with E-state index in [9.17, 15) is 4.79 Å². The van der Waals surface area contributed by atoms with Crippen molar-refractivity contribution in [1.82, 2.24) is 14.9 Å². The molecule has 1 atom stereocenters. The molecule has 1 aliphatic rings. The van der Waals surface area contributed by atoms with Crippen molar-refractivity contribution in [3.8, 4) is 11.8 Å². The van der Waals surface area contributed by atoms with Crippen LogP contribution in [0.5, 0.6) is 11.8 Å². The van der Waals surface area contributed by atoms with E-state index in [1.807, 2.05) is 52.0 Å². The second kappa shape index (κ2) is 9.29. The predicted octanol–water partition coefficient (Wildman–Crippen LogP) is 4.44. The van der Waals surface area contributed by atoms with Crippen molar-refractivity contribution in [2.75, 3.05) is 26.3 Å². The lowest BCUT2D eigenvalue weighted by molar-refractivity contribution is 0.0154. The number of benzene rings is 1. The number of aromatic nitrogens is 2. The normalized spacial score (nSPS) is 17.2. The third-order valence-electron chi connectivity index (χ3n) is 4.73. The monoisotopic (exact) mass is 401 g/mol. The van der Waals surface area contributed by atoms with Crippen LogP contribution in [0.4, 0.5) is 4.79 Å². The third-order valence-corrected chi connectivity index (χ3v) is 4.73. The van der Waals surface area contributed by atoms with Gasteiger partial charge in [0.05, 0.1) is 24.2 Å². The molecule has 1 unspecified atom stereocenters. The summed E-state index contributed by atoms with van der Waals surface area (Å²) in [6.07, 6.45) is 2.65. The molecule has 0 N–H and O–H groups in total. The van der Waals surface area contributed by atoms with Gasteiger partial charge in [-0.3, -0.25) is 0 Å². The molecule has 1 aromatic heterocycles. The van der Waals surface area contributed by atoms with Crippen LogP contribution in [-0.2, 0) is 4.74 Å². The molecule has 1 amide bonds. The Bertz CT molecular complexity index is 834. The maximum atomic E-state index is 12.3. The highest BCUT2D eigenvalue weighted by Crippen LogP contribution is 2.27. The lowest BCUT2D eigenvalue weighted by atomic mass is 9.95. The fraction of sp³-hybridized carbons (Fsp3) is 0.591. The Morgan fingerprint density at radius 1 is 1.14 bits per heavy atom. The molecule has 1 aromatic carbocycles. The van der Waals surface area contributed by atoms with Crippen molar-refractivity contribution in [1.29, 1.82) is 0 Å². The van der Waals surface area contributed by atoms with Gasteiger partial charge < -0.3 is 19.1 Å². The first-order valence-corrected chi connectivity index (χ1v) is 10.4. The van der Waals surface area contributed by atoms with Gasteiger partial charge >= 0.3 is 6.09 Å². The number of para-hydroxylation sites is 2. The van der Waals surface area contributed by atoms with Crippen molar-refractivity contribution in [3.05, 3.63) is 24.3 Å². The summed E-state index contributed by atoms with van der Waals surface area (Å²) in [6.45, 7) is 10.0. The summed E-state index contributed by atoms with van der Waals surface area (Å²) >= 11 is 0. The van der Waals surface area contributed by atoms with E-state index in [1.165, 1.54) is 0 Å². The minimum absolute atomic E-state index is 0.234. The molecule has 1 fully saturated rings. The van der Waals surface area contributed by atoms with Gasteiger partial charge in [0.2, 0.25) is 0 Å². The number of carbonyl (C=O) groups is 1. The van der Waals surface area contributed by atoms with Crippen LogP contribution in [0.15, 0.2) is 24.3 Å². The maximum Gasteiger partial charge on any atom is 0.410 e. The molecule has 7 heteroatoms. The number of ether oxygens (including phenoxy) is 3. The van der Waals surface area contributed by atoms with E-state index >= 15 is 0 Å². The summed E-state index contributed by atoms with van der Waals surface area (Å²) in [5.41, 5.74) is 1.08. The Kier molecular flexibility index (Phi) is 6.77. The van der Waals surface area contributed by atoms with Crippen LogP contribution in [0.25, 0.3) is 11.0 Å². The van der Waals surface area contributed by atoms with Gasteiger partial charge in [0.15, 0.2) is 0 Å². The molecule has 0 saturated carbocycles. The molecule has 7 nitrogen and oxygen atoms in total. The van der Waals surface area contributed by atoms with E-state index in [-0.39, 0.29) is 6.09 Å². The average Bonchev–Trinajstić information content (AvgIpc) is 2.67. The lowest BCUT2D eigenvalue weighted by Gasteiger charge is -2.34. The van der Waals surface area contributed by atoms with Crippen molar-refractivity contribution >= 4 is 17.1 Å². The first kappa shape index (κ1) is 21.1. The number of fused-ring (bicyclic) bond motifs is 1. The maximum absolute atomic E-state index is 12.3. The van der Waals surface area contributed by atoms with E-state index in [0.29, 0.717) is 37.4 Å². The first-order chi connectivity index (χ1) is 13.9. The zero-order valence-corrected chi connectivity index (χ0v) is 17.8. The zero-order valence-electron chi connectivity index (χ0n) is 17.8. The number of nitrogens with zero attached hydrogens (tertiary/aromatic N) is 3. The van der Waals surface area contributed by atoms with Crippen LogP contribution >= 0.6 is 0 Å². The number of carbonyl (C=O) groups excluding carboxylic acids is 1. The molecule has 1 saturated heterocycles. The number of likely N-dealkylation sites (tertiary alicyclic amines) is 1. The second-order valence-electron chi connectivity index (χ2n) is 8.33. The topological polar surface area (TPSA) is 73.8 Å². The van der Waals surface area contributed by atoms with Crippen molar-refractivity contribution < 1.29 is 19.0 Å². The zero-order chi connectivity index (χ0) is 20.9. The van der Waals surface area contributed by atoms with Gasteiger partial charge in [-0.2, -0.15) is 0 Å². The van der Waals surface area contributed by atoms with Gasteiger partial charge in [0, 0.05) is 13.1 Å². The highest BCUT2D eigenvalue weighted by molar-refractivity contribution is 5.75. The number of hydrogen-bond acceptors (Lipinski definition) is 6. The molecule has 2 heterocycles. The quantitative estimate of drug-likeness (QED) is 0.712. The van der Waals surface area contributed by atoms with Crippen molar-refractivity contribution in [3.63, 3.8) is 0 Å². The summed E-state index contributed by atoms with van der Waals surface area (Å²) in [7, 11) is 0. The van der Waals surface area contributed by atoms with Gasteiger partial charge in [-0.15, -0.1) is 0 Å². The summed E-state index contributed by atoms with van der Waals surface area (Å²) in [4.78, 5) is 23.2. The van der Waals surface area contributed by atoms with Crippen LogP contribution in [-0.4, -0.2) is 52.9 Å². The first-order valence-electron chi connectivity index (χ1n) is 10.4. The SMILES string of the molecule is CCOc1nc2ccccc2nc1OCCC1CCCN(C(=O)OC(C)(C)C)C1. The summed E-state index contributed by atoms with van der Waals surface area (Å²) in [5.74, 6) is 1.22. The highest BCUT2D eigenvalue weighted by atomic mass is 16.6. The molecule has 0 spiro atoms. The van der Waals surface area contributed by atoms with E-state index < -0.39 is 5.60 Å². The Labute approximate surface area is 172 Å². The largest absolute Gasteiger partial charge is 0.474 e. The highest BCUT2D eigenvalue weighted by Gasteiger charge is 2.27. The van der Waals surface area contributed by atoms with E-state index in [2.05, 4.69) is 9.97 Å². The molecule has 158 valence electrons. The molecule has 2 aromatic rings. The van der Waals surface area contributed by atoms with Crippen molar-refractivity contribution in [2.45, 2.75) is 52.6 Å². The van der Waals surface area contributed by atoms with E-state index in [4.69, 9.17) is 14.2 Å². The second-order valence-corrected chi connectivity index (χ2v) is 8.33. The Hall–Kier alpha value is -2.57. The standard InChI is InChI=1S/C22H31N3O4/c1-5-27-19-20(24-18-11-7-6-10-17(18)23-19)28-14-12-16-9-8-13-25(15-16)21(26)29-22(2,3)4/h6-7,10-11,16H,5,8-9,12-15H2,1-4H3. The van der Waals surface area contributed by atoms with Gasteiger partial charge in [0.1, 0.15) is 5.60 Å². The number of hydrogen-bond donors (Lipinski definition) is 0. The van der Waals surface area contributed by atoms with Crippen LogP contribution in [0, 0.1) is 5.92 Å². The smallest absolute Gasteiger partial charge is 0.410 e. The summed E-state index contributed by atoms with van der Waals surface area (Å²) < 4.78 is 17.1. The average molecular weight is 402 g/mol. The van der Waals surface area contributed by atoms with Crippen LogP contribution in [0.1, 0.15) is 47.0 Å². The van der Waals surface area contributed by atoms with Gasteiger partial charge in [0.25, 0.3) is 11.8 Å². The Balaban J connectivity index is 1.58. The number of amides is 1. The van der Waals surface area contributed by atoms with Gasteiger partial charge in [-0.05, 0) is 65.0 Å². The van der Waals surface area contributed by atoms with E-state index in [1.54, 1.807) is 4.90 Å². The molecule has 0 aliphatic carbocycles. The van der Waals surface area contributed by atoms with Crippen LogP contribution in [0.3, 0.4) is 0 Å². The molecule has 0 radical (unpaired) electrons. The lowest BCUT2D eigenvalue weighted by Crippen LogP contribution is -2.43. The summed E-state index contributed by atoms with van der Waals surface area (Å²) in [6, 6.07) is 7.66.